The van der Waals surface area contributed by atoms with E-state index < -0.39 is 0 Å². The molecule has 0 radical (unpaired) electrons. The Hall–Kier alpha value is -1.15. The van der Waals surface area contributed by atoms with E-state index in [4.69, 9.17) is 0 Å². The summed E-state index contributed by atoms with van der Waals surface area (Å²) in [7, 11) is 0. The second kappa shape index (κ2) is 8.33. The maximum absolute atomic E-state index is 11.9. The molecule has 0 aliphatic heterocycles. The summed E-state index contributed by atoms with van der Waals surface area (Å²) in [5.74, 6) is 0.251. The Morgan fingerprint density at radius 1 is 0.952 bits per heavy atom. The van der Waals surface area contributed by atoms with Gasteiger partial charge in [-0.25, -0.2) is 0 Å². The minimum atomic E-state index is -0.377. The second-order valence-corrected chi connectivity index (χ2v) is 6.49. The minimum absolute atomic E-state index is 0.251. The molecule has 0 atom stereocenters. The topological polar surface area (TPSA) is 37.3 Å². The Balaban J connectivity index is 1.55. The fourth-order valence-electron chi connectivity index (χ4n) is 3.32. The summed E-state index contributed by atoms with van der Waals surface area (Å²) in [5, 5.41) is 10.4. The molecular weight excluding hydrogens is 260 g/mol. The average Bonchev–Trinajstić information content (AvgIpc) is 2.52. The average molecular weight is 288 g/mol. The Labute approximate surface area is 128 Å². The SMILES string of the molecule is O=C(CCCCCCC1(O)CCCCC1)c1ccccc1. The van der Waals surface area contributed by atoms with Gasteiger partial charge in [0, 0.05) is 12.0 Å². The van der Waals surface area contributed by atoms with Crippen LogP contribution in [0.5, 0.6) is 0 Å². The van der Waals surface area contributed by atoms with Crippen LogP contribution in [0.4, 0.5) is 0 Å². The zero-order chi connectivity index (χ0) is 15.0. The first-order chi connectivity index (χ1) is 10.2. The molecule has 1 fully saturated rings. The smallest absolute Gasteiger partial charge is 0.162 e. The van der Waals surface area contributed by atoms with Crippen molar-refractivity contribution in [2.45, 2.75) is 76.2 Å². The summed E-state index contributed by atoms with van der Waals surface area (Å²) in [5.41, 5.74) is 0.451. The highest BCUT2D eigenvalue weighted by atomic mass is 16.3. The number of carbonyl (C=O) groups is 1. The minimum Gasteiger partial charge on any atom is -0.390 e. The van der Waals surface area contributed by atoms with Crippen molar-refractivity contribution in [1.82, 2.24) is 0 Å². The largest absolute Gasteiger partial charge is 0.390 e. The number of rotatable bonds is 8. The van der Waals surface area contributed by atoms with E-state index in [1.807, 2.05) is 30.3 Å². The van der Waals surface area contributed by atoms with E-state index in [2.05, 4.69) is 0 Å². The predicted octanol–water partition coefficient (Wildman–Crippen LogP) is 4.91. The lowest BCUT2D eigenvalue weighted by molar-refractivity contribution is -0.00588. The number of hydrogen-bond donors (Lipinski definition) is 1. The lowest BCUT2D eigenvalue weighted by Gasteiger charge is -2.32. The Kier molecular flexibility index (Phi) is 6.44. The van der Waals surface area contributed by atoms with Crippen LogP contribution in [0.15, 0.2) is 30.3 Å². The summed E-state index contributed by atoms with van der Waals surface area (Å²) in [4.78, 5) is 11.9. The maximum Gasteiger partial charge on any atom is 0.162 e. The zero-order valence-electron chi connectivity index (χ0n) is 13.0. The van der Waals surface area contributed by atoms with Crippen molar-refractivity contribution in [3.8, 4) is 0 Å². The molecule has 0 unspecified atom stereocenters. The van der Waals surface area contributed by atoms with Crippen LogP contribution in [0.1, 0.15) is 81.0 Å². The van der Waals surface area contributed by atoms with Crippen LogP contribution in [-0.2, 0) is 0 Å². The van der Waals surface area contributed by atoms with Crippen molar-refractivity contribution in [2.75, 3.05) is 0 Å². The van der Waals surface area contributed by atoms with Gasteiger partial charge in [-0.3, -0.25) is 4.79 Å². The Bertz CT molecular complexity index is 418. The fraction of sp³-hybridized carbons (Fsp3) is 0.632. The third-order valence-electron chi connectivity index (χ3n) is 4.68. The van der Waals surface area contributed by atoms with Gasteiger partial charge in [0.15, 0.2) is 5.78 Å². The summed E-state index contributed by atoms with van der Waals surface area (Å²) in [6.45, 7) is 0. The summed E-state index contributed by atoms with van der Waals surface area (Å²) in [6.07, 6.45) is 11.5. The third-order valence-corrected chi connectivity index (χ3v) is 4.68. The fourth-order valence-corrected chi connectivity index (χ4v) is 3.32. The first-order valence-corrected chi connectivity index (χ1v) is 8.50. The maximum atomic E-state index is 11.9. The van der Waals surface area contributed by atoms with Crippen LogP contribution in [0.25, 0.3) is 0 Å². The molecule has 0 spiro atoms. The first-order valence-electron chi connectivity index (χ1n) is 8.50. The standard InChI is InChI=1S/C19H28O2/c20-18(17-11-5-3-6-12-17)13-7-1-2-8-14-19(21)15-9-4-10-16-19/h3,5-6,11-12,21H,1-2,4,7-10,13-16H2. The van der Waals surface area contributed by atoms with Crippen molar-refractivity contribution in [3.05, 3.63) is 35.9 Å². The van der Waals surface area contributed by atoms with Gasteiger partial charge in [-0.15, -0.1) is 0 Å². The van der Waals surface area contributed by atoms with Gasteiger partial charge in [-0.05, 0) is 25.7 Å². The van der Waals surface area contributed by atoms with Gasteiger partial charge in [0.1, 0.15) is 0 Å². The van der Waals surface area contributed by atoms with Crippen LogP contribution < -0.4 is 0 Å². The molecule has 21 heavy (non-hydrogen) atoms. The number of benzene rings is 1. The van der Waals surface area contributed by atoms with E-state index >= 15 is 0 Å². The molecule has 2 heteroatoms. The van der Waals surface area contributed by atoms with E-state index in [1.54, 1.807) is 0 Å². The Morgan fingerprint density at radius 3 is 2.33 bits per heavy atom. The molecule has 116 valence electrons. The molecule has 1 N–H and O–H groups in total. The first kappa shape index (κ1) is 16.2. The van der Waals surface area contributed by atoms with Crippen LogP contribution in [0.2, 0.25) is 0 Å². The highest BCUT2D eigenvalue weighted by Crippen LogP contribution is 2.32. The van der Waals surface area contributed by atoms with E-state index in [0.29, 0.717) is 6.42 Å². The number of aliphatic hydroxyl groups is 1. The van der Waals surface area contributed by atoms with Gasteiger partial charge >= 0.3 is 0 Å². The van der Waals surface area contributed by atoms with E-state index in [-0.39, 0.29) is 11.4 Å². The molecule has 1 aliphatic rings. The molecule has 0 heterocycles. The number of unbranched alkanes of at least 4 members (excludes halogenated alkanes) is 3. The van der Waals surface area contributed by atoms with Gasteiger partial charge in [0.05, 0.1) is 5.60 Å². The number of ketones is 1. The van der Waals surface area contributed by atoms with Gasteiger partial charge in [0.25, 0.3) is 0 Å². The number of hydrogen-bond acceptors (Lipinski definition) is 2. The van der Waals surface area contributed by atoms with Crippen molar-refractivity contribution in [3.63, 3.8) is 0 Å². The summed E-state index contributed by atoms with van der Waals surface area (Å²) in [6, 6.07) is 9.55. The summed E-state index contributed by atoms with van der Waals surface area (Å²) >= 11 is 0. The highest BCUT2D eigenvalue weighted by Gasteiger charge is 2.27. The quantitative estimate of drug-likeness (QED) is 0.545. The van der Waals surface area contributed by atoms with E-state index in [9.17, 15) is 9.90 Å². The molecule has 0 saturated heterocycles. The van der Waals surface area contributed by atoms with Gasteiger partial charge < -0.3 is 5.11 Å². The highest BCUT2D eigenvalue weighted by molar-refractivity contribution is 5.95. The van der Waals surface area contributed by atoms with Gasteiger partial charge in [-0.1, -0.05) is 68.9 Å². The van der Waals surface area contributed by atoms with Gasteiger partial charge in [-0.2, -0.15) is 0 Å². The number of carbonyl (C=O) groups excluding carboxylic acids is 1. The van der Waals surface area contributed by atoms with Gasteiger partial charge in [0.2, 0.25) is 0 Å². The number of Topliss-reactive ketones (excluding diaryl/α,β-unsaturated/α-hetero) is 1. The molecule has 0 bridgehead atoms. The molecule has 1 aromatic carbocycles. The summed E-state index contributed by atoms with van der Waals surface area (Å²) < 4.78 is 0. The van der Waals surface area contributed by atoms with Crippen molar-refractivity contribution >= 4 is 5.78 Å². The second-order valence-electron chi connectivity index (χ2n) is 6.49. The zero-order valence-corrected chi connectivity index (χ0v) is 13.0. The molecule has 1 aromatic rings. The van der Waals surface area contributed by atoms with Crippen LogP contribution in [-0.4, -0.2) is 16.5 Å². The molecule has 0 amide bonds. The molecule has 2 rings (SSSR count). The van der Waals surface area contributed by atoms with Crippen LogP contribution in [0.3, 0.4) is 0 Å². The molecular formula is C19H28O2. The predicted molar refractivity (Wildman–Crippen MR) is 86.5 cm³/mol. The normalized spacial score (nSPS) is 17.6. The monoisotopic (exact) mass is 288 g/mol. The molecule has 2 nitrogen and oxygen atoms in total. The van der Waals surface area contributed by atoms with E-state index in [0.717, 1.165) is 50.5 Å². The molecule has 0 aromatic heterocycles. The lowest BCUT2D eigenvalue weighted by atomic mass is 9.81. The van der Waals surface area contributed by atoms with Crippen LogP contribution in [0, 0.1) is 0 Å². The lowest BCUT2D eigenvalue weighted by Crippen LogP contribution is -2.30. The van der Waals surface area contributed by atoms with E-state index in [1.165, 1.54) is 19.3 Å². The Morgan fingerprint density at radius 2 is 1.62 bits per heavy atom. The van der Waals surface area contributed by atoms with Crippen LogP contribution >= 0.6 is 0 Å². The van der Waals surface area contributed by atoms with Crippen molar-refractivity contribution in [1.29, 1.82) is 0 Å². The molecule has 1 aliphatic carbocycles. The van der Waals surface area contributed by atoms with Crippen molar-refractivity contribution in [2.24, 2.45) is 0 Å². The third kappa shape index (κ3) is 5.62. The van der Waals surface area contributed by atoms with Crippen molar-refractivity contribution < 1.29 is 9.90 Å². The molecule has 1 saturated carbocycles.